The largest absolute Gasteiger partial charge is 0.383 e. The van der Waals surface area contributed by atoms with Gasteiger partial charge in [0.15, 0.2) is 9.84 Å². The Morgan fingerprint density at radius 1 is 1.06 bits per heavy atom. The first kappa shape index (κ1) is 15.0. The molecule has 1 aliphatic heterocycles. The van der Waals surface area contributed by atoms with E-state index >= 15 is 0 Å². The summed E-state index contributed by atoms with van der Waals surface area (Å²) in [5, 5.41) is 3.04. The molecule has 2 rings (SSSR count). The summed E-state index contributed by atoms with van der Waals surface area (Å²) in [4.78, 5) is 0.427. The third-order valence-corrected chi connectivity index (χ3v) is 3.68. The highest BCUT2D eigenvalue weighted by Crippen LogP contribution is 2.24. The zero-order valence-corrected chi connectivity index (χ0v) is 11.3. The number of hydrogen-bond acceptors (Lipinski definition) is 3. The van der Waals surface area contributed by atoms with Crippen LogP contribution in [0.25, 0.3) is 0 Å². The van der Waals surface area contributed by atoms with Gasteiger partial charge in [-0.3, -0.25) is 0 Å². The zero-order valence-electron chi connectivity index (χ0n) is 10.4. The molecular formula is C12H21NO2S. The van der Waals surface area contributed by atoms with Crippen LogP contribution in [0, 0.1) is 0 Å². The molecule has 1 N–H and O–H groups in total. The number of hydrogen-bond donors (Lipinski definition) is 1. The van der Waals surface area contributed by atoms with E-state index in [9.17, 15) is 8.42 Å². The molecule has 0 spiro atoms. The normalized spacial score (nSPS) is 15.2. The summed E-state index contributed by atoms with van der Waals surface area (Å²) in [6.07, 6.45) is 0. The third kappa shape index (κ3) is 3.52. The van der Waals surface area contributed by atoms with Crippen molar-refractivity contribution >= 4 is 15.5 Å². The number of anilines is 1. The standard InChI is InChI=1S/C8H9NO2S.2C2H6/c10-12(11)6-5-9-7-3-1-2-4-8(7)12;2*1-2/h1-4,9H,5-6H2;2*1-2H3. The van der Waals surface area contributed by atoms with E-state index in [2.05, 4.69) is 5.32 Å². The number of benzene rings is 1. The van der Waals surface area contributed by atoms with E-state index in [1.54, 1.807) is 18.2 Å². The molecule has 0 fully saturated rings. The van der Waals surface area contributed by atoms with Crippen molar-refractivity contribution in [3.63, 3.8) is 0 Å². The van der Waals surface area contributed by atoms with E-state index in [-0.39, 0.29) is 5.75 Å². The van der Waals surface area contributed by atoms with Crippen molar-refractivity contribution in [2.75, 3.05) is 17.6 Å². The topological polar surface area (TPSA) is 46.2 Å². The van der Waals surface area contributed by atoms with Crippen molar-refractivity contribution in [2.24, 2.45) is 0 Å². The average Bonchev–Trinajstić information content (AvgIpc) is 2.34. The van der Waals surface area contributed by atoms with Crippen molar-refractivity contribution in [3.8, 4) is 0 Å². The van der Waals surface area contributed by atoms with Crippen LogP contribution in [0.2, 0.25) is 0 Å². The second kappa shape index (κ2) is 7.28. The number of para-hydroxylation sites is 1. The van der Waals surface area contributed by atoms with Gasteiger partial charge in [0.1, 0.15) is 0 Å². The van der Waals surface area contributed by atoms with Crippen LogP contribution in [-0.4, -0.2) is 20.7 Å². The van der Waals surface area contributed by atoms with E-state index in [1.165, 1.54) is 0 Å². The van der Waals surface area contributed by atoms with Gasteiger partial charge in [-0.05, 0) is 12.1 Å². The maximum Gasteiger partial charge on any atom is 0.182 e. The Balaban J connectivity index is 0.000000509. The van der Waals surface area contributed by atoms with Crippen molar-refractivity contribution in [1.29, 1.82) is 0 Å². The number of sulfone groups is 1. The van der Waals surface area contributed by atoms with Gasteiger partial charge >= 0.3 is 0 Å². The molecule has 0 saturated carbocycles. The first-order valence-corrected chi connectivity index (χ1v) is 7.41. The second-order valence-electron chi connectivity index (χ2n) is 2.74. The lowest BCUT2D eigenvalue weighted by Gasteiger charge is -2.17. The average molecular weight is 243 g/mol. The van der Waals surface area contributed by atoms with Gasteiger partial charge in [-0.25, -0.2) is 8.42 Å². The molecule has 0 amide bonds. The van der Waals surface area contributed by atoms with Crippen LogP contribution in [0.15, 0.2) is 29.2 Å². The molecule has 0 aromatic heterocycles. The number of fused-ring (bicyclic) bond motifs is 1. The summed E-state index contributed by atoms with van der Waals surface area (Å²) < 4.78 is 22.9. The molecule has 0 radical (unpaired) electrons. The fourth-order valence-electron chi connectivity index (χ4n) is 1.31. The van der Waals surface area contributed by atoms with Gasteiger partial charge in [0.05, 0.1) is 16.3 Å². The van der Waals surface area contributed by atoms with Gasteiger partial charge in [-0.15, -0.1) is 0 Å². The van der Waals surface area contributed by atoms with E-state index in [4.69, 9.17) is 0 Å². The van der Waals surface area contributed by atoms with Gasteiger partial charge in [0, 0.05) is 6.54 Å². The van der Waals surface area contributed by atoms with Gasteiger partial charge in [0.2, 0.25) is 0 Å². The van der Waals surface area contributed by atoms with E-state index < -0.39 is 9.84 Å². The summed E-state index contributed by atoms with van der Waals surface area (Å²) in [5.74, 6) is 0.198. The molecule has 0 aliphatic carbocycles. The fraction of sp³-hybridized carbons (Fsp3) is 0.500. The zero-order chi connectivity index (χ0) is 12.6. The lowest BCUT2D eigenvalue weighted by molar-refractivity contribution is 0.595. The molecule has 16 heavy (non-hydrogen) atoms. The van der Waals surface area contributed by atoms with Gasteiger partial charge < -0.3 is 5.32 Å². The first-order chi connectivity index (χ1) is 7.70. The van der Waals surface area contributed by atoms with Crippen LogP contribution >= 0.6 is 0 Å². The smallest absolute Gasteiger partial charge is 0.182 e. The predicted molar refractivity (Wildman–Crippen MR) is 69.7 cm³/mol. The van der Waals surface area contributed by atoms with Gasteiger partial charge in [-0.1, -0.05) is 39.8 Å². The molecule has 0 atom stereocenters. The summed E-state index contributed by atoms with van der Waals surface area (Å²) in [6, 6.07) is 6.99. The fourth-order valence-corrected chi connectivity index (χ4v) is 2.67. The summed E-state index contributed by atoms with van der Waals surface area (Å²) in [6.45, 7) is 8.51. The minimum absolute atomic E-state index is 0.198. The van der Waals surface area contributed by atoms with Crippen LogP contribution in [0.1, 0.15) is 27.7 Å². The van der Waals surface area contributed by atoms with Crippen LogP contribution in [0.4, 0.5) is 5.69 Å². The Labute approximate surface area is 98.8 Å². The third-order valence-electron chi connectivity index (χ3n) is 1.91. The first-order valence-electron chi connectivity index (χ1n) is 5.76. The lowest BCUT2D eigenvalue weighted by atomic mass is 10.3. The summed E-state index contributed by atoms with van der Waals surface area (Å²) >= 11 is 0. The van der Waals surface area contributed by atoms with Crippen LogP contribution in [0.5, 0.6) is 0 Å². The Bertz CT molecular complexity index is 399. The summed E-state index contributed by atoms with van der Waals surface area (Å²) in [5.41, 5.74) is 0.726. The molecule has 1 aromatic carbocycles. The Morgan fingerprint density at radius 3 is 2.19 bits per heavy atom. The minimum atomic E-state index is -3.00. The predicted octanol–water partition coefficient (Wildman–Crippen LogP) is 2.94. The van der Waals surface area contributed by atoms with E-state index in [0.29, 0.717) is 11.4 Å². The maximum absolute atomic E-state index is 11.4. The van der Waals surface area contributed by atoms with E-state index in [1.807, 2.05) is 33.8 Å². The Kier molecular flexibility index (Phi) is 6.81. The minimum Gasteiger partial charge on any atom is -0.383 e. The Morgan fingerprint density at radius 2 is 1.62 bits per heavy atom. The highest BCUT2D eigenvalue weighted by atomic mass is 32.2. The van der Waals surface area contributed by atoms with Crippen LogP contribution < -0.4 is 5.32 Å². The van der Waals surface area contributed by atoms with Crippen LogP contribution in [-0.2, 0) is 9.84 Å². The highest BCUT2D eigenvalue weighted by Gasteiger charge is 2.21. The monoisotopic (exact) mass is 243 g/mol. The van der Waals surface area contributed by atoms with Crippen molar-refractivity contribution in [3.05, 3.63) is 24.3 Å². The molecule has 3 nitrogen and oxygen atoms in total. The molecule has 1 aliphatic rings. The van der Waals surface area contributed by atoms with Crippen LogP contribution in [0.3, 0.4) is 0 Å². The van der Waals surface area contributed by atoms with Gasteiger partial charge in [0.25, 0.3) is 0 Å². The maximum atomic E-state index is 11.4. The van der Waals surface area contributed by atoms with Crippen molar-refractivity contribution in [1.82, 2.24) is 0 Å². The molecule has 0 saturated heterocycles. The molecular weight excluding hydrogens is 222 g/mol. The van der Waals surface area contributed by atoms with Crippen molar-refractivity contribution in [2.45, 2.75) is 32.6 Å². The molecule has 1 aromatic rings. The number of rotatable bonds is 0. The van der Waals surface area contributed by atoms with E-state index in [0.717, 1.165) is 5.69 Å². The number of nitrogens with one attached hydrogen (secondary N) is 1. The molecule has 4 heteroatoms. The lowest BCUT2D eigenvalue weighted by Crippen LogP contribution is -2.22. The molecule has 1 heterocycles. The SMILES string of the molecule is CC.CC.O=S1(=O)CCNc2ccccc21. The van der Waals surface area contributed by atoms with Crippen molar-refractivity contribution < 1.29 is 8.42 Å². The highest BCUT2D eigenvalue weighted by molar-refractivity contribution is 7.91. The molecule has 92 valence electrons. The summed E-state index contributed by atoms with van der Waals surface area (Å²) in [7, 11) is -3.00. The molecule has 0 unspecified atom stereocenters. The quantitative estimate of drug-likeness (QED) is 0.762. The van der Waals surface area contributed by atoms with Gasteiger partial charge in [-0.2, -0.15) is 0 Å². The molecule has 0 bridgehead atoms. The second-order valence-corrected chi connectivity index (χ2v) is 4.82. The Hall–Kier alpha value is -1.03.